The summed E-state index contributed by atoms with van der Waals surface area (Å²) in [7, 11) is 1.54. The van der Waals surface area contributed by atoms with Crippen molar-refractivity contribution < 1.29 is 17.9 Å². The van der Waals surface area contributed by atoms with Gasteiger partial charge in [0.2, 0.25) is 11.9 Å². The maximum Gasteiger partial charge on any atom is 0.256 e. The number of hydrogen-bond acceptors (Lipinski definition) is 6. The number of ether oxygens (including phenoxy) is 1. The molecule has 0 saturated carbocycles. The summed E-state index contributed by atoms with van der Waals surface area (Å²) >= 11 is 0. The fourth-order valence-corrected chi connectivity index (χ4v) is 4.76. The minimum absolute atomic E-state index is 0.0899. The predicted octanol–water partition coefficient (Wildman–Crippen LogP) is 5.64. The Morgan fingerprint density at radius 3 is 2.44 bits per heavy atom. The zero-order valence-corrected chi connectivity index (χ0v) is 20.4. The number of nitrogens with zero attached hydrogens (tertiary/aromatic N) is 5. The summed E-state index contributed by atoms with van der Waals surface area (Å²) in [5.74, 6) is -2.46. The van der Waals surface area contributed by atoms with E-state index < -0.39 is 23.8 Å². The number of rotatable bonds is 4. The van der Waals surface area contributed by atoms with Gasteiger partial charge < -0.3 is 10.5 Å². The molecule has 7 nitrogen and oxygen atoms in total. The number of aromatic nitrogens is 4. The molecular formula is C29H19F3N6O. The van der Waals surface area contributed by atoms with Crippen molar-refractivity contribution in [3.63, 3.8) is 0 Å². The van der Waals surface area contributed by atoms with Crippen LogP contribution >= 0.6 is 0 Å². The molecule has 0 radical (unpaired) electrons. The number of halogens is 3. The Morgan fingerprint density at radius 1 is 0.821 bits per heavy atom. The quantitative estimate of drug-likeness (QED) is 0.182. The van der Waals surface area contributed by atoms with Crippen molar-refractivity contribution >= 4 is 5.84 Å². The van der Waals surface area contributed by atoms with E-state index >= 15 is 4.39 Å². The standard InChI is InChI=1S/C29H19F3N6O/c1-34-29(33)25-18(5-3-9-36-25)24-19-12-15(17-4-2-10-37-27(17)31)6-7-22(19)39-26-20(24)14-21(38-28(26)32)16-8-11-35-23(30)13-16/h2-14,24H,1H3,(H2,33,34). The normalized spacial score (nSPS) is 14.4. The molecule has 1 atom stereocenters. The van der Waals surface area contributed by atoms with Crippen LogP contribution in [0.1, 0.15) is 28.3 Å². The maximum atomic E-state index is 15.6. The van der Waals surface area contributed by atoms with E-state index in [0.717, 1.165) is 0 Å². The third kappa shape index (κ3) is 4.25. The molecule has 0 bridgehead atoms. The van der Waals surface area contributed by atoms with E-state index in [9.17, 15) is 8.78 Å². The average Bonchev–Trinajstić information content (AvgIpc) is 2.96. The number of pyridine rings is 4. The lowest BCUT2D eigenvalue weighted by Gasteiger charge is -2.30. The molecule has 0 fully saturated rings. The first-order valence-corrected chi connectivity index (χ1v) is 11.9. The molecule has 5 heterocycles. The topological polar surface area (TPSA) is 99.2 Å². The van der Waals surface area contributed by atoms with Gasteiger partial charge in [0, 0.05) is 59.9 Å². The Labute approximate surface area is 220 Å². The van der Waals surface area contributed by atoms with Crippen LogP contribution in [-0.2, 0) is 0 Å². The van der Waals surface area contributed by atoms with Gasteiger partial charge in [-0.2, -0.15) is 13.2 Å². The van der Waals surface area contributed by atoms with Crippen LogP contribution in [0.4, 0.5) is 13.2 Å². The monoisotopic (exact) mass is 524 g/mol. The number of benzene rings is 1. The van der Waals surface area contributed by atoms with Crippen molar-refractivity contribution in [3.05, 3.63) is 119 Å². The molecule has 6 rings (SSSR count). The SMILES string of the molecule is CN=C(N)c1ncccc1C1c2cc(-c3cccnc3F)ccc2Oc2c1cc(-c1ccnc(F)c1)nc2F. The Bertz CT molecular complexity index is 1770. The van der Waals surface area contributed by atoms with Crippen LogP contribution in [0.5, 0.6) is 11.5 Å². The van der Waals surface area contributed by atoms with Crippen LogP contribution in [0, 0.1) is 17.8 Å². The Morgan fingerprint density at radius 2 is 1.64 bits per heavy atom. The smallest absolute Gasteiger partial charge is 0.256 e. The van der Waals surface area contributed by atoms with Crippen molar-refractivity contribution in [2.45, 2.75) is 5.92 Å². The molecule has 0 spiro atoms. The first-order chi connectivity index (χ1) is 18.9. The summed E-state index contributed by atoms with van der Waals surface area (Å²) in [6.45, 7) is 0. The van der Waals surface area contributed by atoms with Gasteiger partial charge in [0.15, 0.2) is 5.75 Å². The first kappa shape index (κ1) is 24.2. The second-order valence-electron chi connectivity index (χ2n) is 8.76. The molecule has 1 unspecified atom stereocenters. The highest BCUT2D eigenvalue weighted by Gasteiger charge is 2.34. The lowest BCUT2D eigenvalue weighted by Crippen LogP contribution is -2.22. The summed E-state index contributed by atoms with van der Waals surface area (Å²) in [6.07, 6.45) is 4.23. The molecule has 1 aliphatic heterocycles. The molecule has 1 aliphatic rings. The van der Waals surface area contributed by atoms with Gasteiger partial charge in [0.1, 0.15) is 17.3 Å². The number of nitrogens with two attached hydrogens (primary N) is 1. The van der Waals surface area contributed by atoms with E-state index in [2.05, 4.69) is 24.9 Å². The zero-order chi connectivity index (χ0) is 27.1. The minimum Gasteiger partial charge on any atom is -0.452 e. The van der Waals surface area contributed by atoms with Crippen molar-refractivity contribution in [3.8, 4) is 33.9 Å². The fraction of sp³-hybridized carbons (Fsp3) is 0.0690. The summed E-state index contributed by atoms with van der Waals surface area (Å²) < 4.78 is 50.1. The van der Waals surface area contributed by atoms with Crippen molar-refractivity contribution in [2.24, 2.45) is 10.7 Å². The van der Waals surface area contributed by atoms with Gasteiger partial charge in [0.25, 0.3) is 5.95 Å². The van der Waals surface area contributed by atoms with Crippen LogP contribution < -0.4 is 10.5 Å². The molecule has 4 aromatic heterocycles. The summed E-state index contributed by atoms with van der Waals surface area (Å²) in [5, 5.41) is 0. The lowest BCUT2D eigenvalue weighted by molar-refractivity contribution is 0.406. The predicted molar refractivity (Wildman–Crippen MR) is 139 cm³/mol. The first-order valence-electron chi connectivity index (χ1n) is 11.9. The maximum absolute atomic E-state index is 15.6. The van der Waals surface area contributed by atoms with Gasteiger partial charge in [-0.15, -0.1) is 0 Å². The van der Waals surface area contributed by atoms with Gasteiger partial charge in [-0.05, 0) is 53.6 Å². The third-order valence-corrected chi connectivity index (χ3v) is 6.53. The second-order valence-corrected chi connectivity index (χ2v) is 8.76. The Hall–Kier alpha value is -5.12. The Balaban J connectivity index is 1.64. The molecule has 0 amide bonds. The fourth-order valence-electron chi connectivity index (χ4n) is 4.76. The van der Waals surface area contributed by atoms with Crippen LogP contribution in [0.15, 0.2) is 84.2 Å². The molecule has 192 valence electrons. The van der Waals surface area contributed by atoms with E-state index in [1.54, 1.807) is 55.7 Å². The Kier molecular flexibility index (Phi) is 5.99. The van der Waals surface area contributed by atoms with Crippen molar-refractivity contribution in [1.29, 1.82) is 0 Å². The average molecular weight is 525 g/mol. The van der Waals surface area contributed by atoms with Gasteiger partial charge >= 0.3 is 0 Å². The molecule has 39 heavy (non-hydrogen) atoms. The highest BCUT2D eigenvalue weighted by molar-refractivity contribution is 5.97. The minimum atomic E-state index is -0.875. The highest BCUT2D eigenvalue weighted by atomic mass is 19.1. The number of fused-ring (bicyclic) bond motifs is 2. The van der Waals surface area contributed by atoms with Gasteiger partial charge in [-0.25, -0.2) is 15.0 Å². The van der Waals surface area contributed by atoms with Crippen LogP contribution in [0.3, 0.4) is 0 Å². The zero-order valence-electron chi connectivity index (χ0n) is 20.4. The van der Waals surface area contributed by atoms with E-state index in [-0.39, 0.29) is 17.3 Å². The van der Waals surface area contributed by atoms with Crippen LogP contribution in [0.25, 0.3) is 22.4 Å². The van der Waals surface area contributed by atoms with Crippen LogP contribution in [-0.4, -0.2) is 32.8 Å². The molecular weight excluding hydrogens is 505 g/mol. The summed E-state index contributed by atoms with van der Waals surface area (Å²) in [4.78, 5) is 19.9. The van der Waals surface area contributed by atoms with Gasteiger partial charge in [-0.1, -0.05) is 12.1 Å². The number of amidine groups is 1. The second kappa shape index (κ2) is 9.64. The van der Waals surface area contributed by atoms with Crippen molar-refractivity contribution in [1.82, 2.24) is 19.9 Å². The van der Waals surface area contributed by atoms with Gasteiger partial charge in [0.05, 0.1) is 5.69 Å². The summed E-state index contributed by atoms with van der Waals surface area (Å²) in [5.41, 5.74) is 9.60. The number of aliphatic imine (C=N–C) groups is 1. The van der Waals surface area contributed by atoms with E-state index in [0.29, 0.717) is 44.8 Å². The molecule has 1 aromatic carbocycles. The molecule has 0 aliphatic carbocycles. The number of hydrogen-bond donors (Lipinski definition) is 1. The molecule has 10 heteroatoms. The van der Waals surface area contributed by atoms with E-state index in [4.69, 9.17) is 10.5 Å². The largest absolute Gasteiger partial charge is 0.452 e. The lowest BCUT2D eigenvalue weighted by atomic mass is 9.80. The van der Waals surface area contributed by atoms with Crippen LogP contribution in [0.2, 0.25) is 0 Å². The van der Waals surface area contributed by atoms with Crippen molar-refractivity contribution in [2.75, 3.05) is 7.05 Å². The molecule has 2 N–H and O–H groups in total. The molecule has 0 saturated heterocycles. The van der Waals surface area contributed by atoms with Gasteiger partial charge in [-0.3, -0.25) is 9.98 Å². The third-order valence-electron chi connectivity index (χ3n) is 6.53. The van der Waals surface area contributed by atoms with E-state index in [1.165, 1.54) is 24.5 Å². The summed E-state index contributed by atoms with van der Waals surface area (Å²) in [6, 6.07) is 16.2. The highest BCUT2D eigenvalue weighted by Crippen LogP contribution is 2.50. The van der Waals surface area contributed by atoms with E-state index in [1.807, 2.05) is 6.07 Å². The molecule has 5 aromatic rings.